The first-order chi connectivity index (χ1) is 20.1. The molecular formula is C30H40BrN8O2P. The summed E-state index contributed by atoms with van der Waals surface area (Å²) < 4.78 is 6.53. The zero-order valence-corrected chi connectivity index (χ0v) is 27.7. The monoisotopic (exact) mass is 654 g/mol. The molecule has 1 aliphatic heterocycles. The van der Waals surface area contributed by atoms with Crippen LogP contribution in [-0.2, 0) is 6.42 Å². The van der Waals surface area contributed by atoms with Gasteiger partial charge in [-0.25, -0.2) is 0 Å². The van der Waals surface area contributed by atoms with E-state index in [1.54, 1.807) is 25.7 Å². The molecule has 2 aromatic heterocycles. The van der Waals surface area contributed by atoms with E-state index in [1.807, 2.05) is 25.5 Å². The summed E-state index contributed by atoms with van der Waals surface area (Å²) in [7, 11) is 3.21. The summed E-state index contributed by atoms with van der Waals surface area (Å²) in [5.74, 6) is 1.72. The standard InChI is InChI=1S/C30H40BrN8O2P/c1-7-19-16-24(26(41-4)17-25(19)39-14-10-20(11-15-39)38(2)3)36-30-34-18-21(31)29(37-30)35-23-9-8-22-27(33-13-12-32-22)28(23)42(5,6)40/h8-9,12-13,16-18,20,40,42H,7,10-11,14-15H2,1-6H3,(H2,34,35,36,37). The van der Waals surface area contributed by atoms with Gasteiger partial charge in [0.15, 0.2) is 0 Å². The van der Waals surface area contributed by atoms with Crippen LogP contribution in [0.15, 0.2) is 47.3 Å². The van der Waals surface area contributed by atoms with Gasteiger partial charge in [0.25, 0.3) is 0 Å². The Kier molecular flexibility index (Phi) is 9.13. The van der Waals surface area contributed by atoms with Gasteiger partial charge >= 0.3 is 206 Å². The fourth-order valence-corrected chi connectivity index (χ4v) is 7.47. The number of methoxy groups -OCH3 is 1. The Bertz CT molecular complexity index is 1570. The van der Waals surface area contributed by atoms with Crippen LogP contribution in [0.4, 0.5) is 28.8 Å². The smallest absolute Gasteiger partial charge is 0.306 e. The molecule has 1 saturated heterocycles. The number of hydrogen-bond acceptors (Lipinski definition) is 10. The van der Waals surface area contributed by atoms with E-state index in [0.29, 0.717) is 27.8 Å². The SMILES string of the molecule is CCc1cc(Nc2ncc(Br)c(Nc3ccc4nccnc4c3[PH](C)(C)O)n2)c(OC)cc1N1CCC(N(C)C)CC1. The Hall–Kier alpha value is -3.11. The number of hydrogen-bond donors (Lipinski definition) is 3. The van der Waals surface area contributed by atoms with E-state index in [4.69, 9.17) is 9.72 Å². The van der Waals surface area contributed by atoms with Crippen molar-refractivity contribution in [2.24, 2.45) is 0 Å². The Morgan fingerprint density at radius 3 is 2.48 bits per heavy atom. The Morgan fingerprint density at radius 1 is 1.07 bits per heavy atom. The molecule has 1 fully saturated rings. The molecule has 0 atom stereocenters. The minimum absolute atomic E-state index is 0.420. The van der Waals surface area contributed by atoms with Gasteiger partial charge in [0, 0.05) is 19.1 Å². The molecule has 0 bridgehead atoms. The number of piperidine rings is 1. The molecule has 224 valence electrons. The van der Waals surface area contributed by atoms with Crippen molar-refractivity contribution in [1.82, 2.24) is 24.8 Å². The van der Waals surface area contributed by atoms with Gasteiger partial charge in [-0.15, -0.1) is 0 Å². The van der Waals surface area contributed by atoms with E-state index in [9.17, 15) is 4.89 Å². The third-order valence-corrected chi connectivity index (χ3v) is 10.1. The molecule has 0 aliphatic carbocycles. The Labute approximate surface area is 256 Å². The molecule has 3 N–H and O–H groups in total. The third-order valence-electron chi connectivity index (χ3n) is 7.81. The second-order valence-corrected chi connectivity index (χ2v) is 15.8. The van der Waals surface area contributed by atoms with Crippen molar-refractivity contribution in [3.05, 3.63) is 52.9 Å². The van der Waals surface area contributed by atoms with Gasteiger partial charge in [-0.05, 0) is 26.9 Å². The van der Waals surface area contributed by atoms with Gasteiger partial charge in [-0.1, -0.05) is 0 Å². The first-order valence-electron chi connectivity index (χ1n) is 14.2. The molecule has 0 saturated carbocycles. The normalized spacial score (nSPS) is 14.8. The summed E-state index contributed by atoms with van der Waals surface area (Å²) in [6.45, 7) is 7.96. The van der Waals surface area contributed by atoms with Crippen LogP contribution < -0.4 is 25.6 Å². The summed E-state index contributed by atoms with van der Waals surface area (Å²) in [5, 5.41) is 7.56. The molecule has 0 unspecified atom stereocenters. The molecule has 0 spiro atoms. The molecule has 0 amide bonds. The van der Waals surface area contributed by atoms with Crippen LogP contribution in [0.5, 0.6) is 5.75 Å². The molecule has 4 aromatic rings. The van der Waals surface area contributed by atoms with Crippen LogP contribution in [0.25, 0.3) is 11.0 Å². The molecule has 42 heavy (non-hydrogen) atoms. The number of nitrogens with zero attached hydrogens (tertiary/aromatic N) is 6. The predicted octanol–water partition coefficient (Wildman–Crippen LogP) is 5.31. The minimum Gasteiger partial charge on any atom is -0.306 e. The van der Waals surface area contributed by atoms with Gasteiger partial charge in [0.05, 0.1) is 0 Å². The zero-order valence-electron chi connectivity index (χ0n) is 25.1. The molecule has 0 radical (unpaired) electrons. The van der Waals surface area contributed by atoms with Gasteiger partial charge in [-0.3, -0.25) is 0 Å². The van der Waals surface area contributed by atoms with Crippen molar-refractivity contribution in [1.29, 1.82) is 0 Å². The van der Waals surface area contributed by atoms with Gasteiger partial charge in [0.1, 0.15) is 0 Å². The molecular weight excluding hydrogens is 615 g/mol. The number of ether oxygens (including phenoxy) is 1. The van der Waals surface area contributed by atoms with Crippen LogP contribution in [0.2, 0.25) is 0 Å². The molecule has 3 heterocycles. The number of aryl methyl sites for hydroxylation is 1. The summed E-state index contributed by atoms with van der Waals surface area (Å²) in [6, 6.07) is 8.70. The Morgan fingerprint density at radius 2 is 1.81 bits per heavy atom. The summed E-state index contributed by atoms with van der Waals surface area (Å²) in [4.78, 5) is 34.2. The number of anilines is 5. The number of benzene rings is 2. The third kappa shape index (κ3) is 6.44. The minimum atomic E-state index is -2.80. The number of rotatable bonds is 9. The average Bonchev–Trinajstić information content (AvgIpc) is 2.97. The molecule has 10 nitrogen and oxygen atoms in total. The van der Waals surface area contributed by atoms with E-state index in [1.165, 1.54) is 11.3 Å². The zero-order chi connectivity index (χ0) is 30.0. The molecule has 5 rings (SSSR count). The van der Waals surface area contributed by atoms with Crippen LogP contribution in [0, 0.1) is 0 Å². The maximum absolute atomic E-state index is 11.2. The van der Waals surface area contributed by atoms with Gasteiger partial charge in [-0.2, -0.15) is 0 Å². The van der Waals surface area contributed by atoms with Gasteiger partial charge < -0.3 is 4.90 Å². The van der Waals surface area contributed by atoms with Gasteiger partial charge in [0.2, 0.25) is 0 Å². The fraction of sp³-hybridized carbons (Fsp3) is 0.400. The fourth-order valence-electron chi connectivity index (χ4n) is 5.60. The first kappa shape index (κ1) is 30.4. The van der Waals surface area contributed by atoms with Crippen molar-refractivity contribution in [2.75, 3.05) is 63.2 Å². The second kappa shape index (κ2) is 12.6. The van der Waals surface area contributed by atoms with Crippen LogP contribution in [0.1, 0.15) is 25.3 Å². The van der Waals surface area contributed by atoms with E-state index in [0.717, 1.165) is 60.3 Å². The first-order valence-corrected chi connectivity index (χ1v) is 18.0. The van der Waals surface area contributed by atoms with Crippen molar-refractivity contribution < 1.29 is 9.63 Å². The molecule has 12 heteroatoms. The molecule has 1 aliphatic rings. The summed E-state index contributed by atoms with van der Waals surface area (Å²) >= 11 is 3.59. The number of fused-ring (bicyclic) bond motifs is 1. The van der Waals surface area contributed by atoms with E-state index in [2.05, 4.69) is 84.5 Å². The second-order valence-electron chi connectivity index (χ2n) is 11.3. The average molecular weight is 656 g/mol. The van der Waals surface area contributed by atoms with Crippen molar-refractivity contribution in [3.8, 4) is 5.75 Å². The quantitative estimate of drug-likeness (QED) is 0.205. The van der Waals surface area contributed by atoms with Crippen LogP contribution in [-0.4, -0.2) is 83.4 Å². The van der Waals surface area contributed by atoms with Crippen molar-refractivity contribution >= 4 is 68.6 Å². The van der Waals surface area contributed by atoms with E-state index in [-0.39, 0.29) is 0 Å². The summed E-state index contributed by atoms with van der Waals surface area (Å²) in [6.07, 6.45) is 8.18. The molecule has 2 aromatic carbocycles. The Balaban J connectivity index is 1.44. The number of nitrogens with one attached hydrogen (secondary N) is 2. The number of halogens is 1. The maximum atomic E-state index is 11.2. The van der Waals surface area contributed by atoms with Crippen LogP contribution >= 0.6 is 23.4 Å². The van der Waals surface area contributed by atoms with Crippen molar-refractivity contribution in [2.45, 2.75) is 32.2 Å². The topological polar surface area (TPSA) is 112 Å². The predicted molar refractivity (Wildman–Crippen MR) is 179 cm³/mol. The van der Waals surface area contributed by atoms with Crippen molar-refractivity contribution in [3.63, 3.8) is 0 Å². The van der Waals surface area contributed by atoms with Crippen LogP contribution in [0.3, 0.4) is 0 Å². The number of aromatic nitrogens is 4. The van der Waals surface area contributed by atoms with E-state index < -0.39 is 7.49 Å². The van der Waals surface area contributed by atoms with E-state index >= 15 is 0 Å². The summed E-state index contributed by atoms with van der Waals surface area (Å²) in [5.41, 5.74) is 5.43.